The number of carboxylic acid groups (broad SMARTS) is 1. The molecule has 0 aliphatic rings. The van der Waals surface area contributed by atoms with Gasteiger partial charge in [0.25, 0.3) is 0 Å². The van der Waals surface area contributed by atoms with Crippen molar-refractivity contribution in [1.29, 1.82) is 0 Å². The molecule has 0 atom stereocenters. The fraction of sp³-hybridized carbons (Fsp3) is 0.133. The number of aromatic hydroxyl groups is 1. The van der Waals surface area contributed by atoms with Crippen molar-refractivity contribution >= 4 is 17.3 Å². The van der Waals surface area contributed by atoms with Gasteiger partial charge in [0.1, 0.15) is 11.4 Å². The highest BCUT2D eigenvalue weighted by atomic mass is 16.4. The standard InChI is InChI=1S/C15H14N2O3/c18-14-4-2-1-3-13(14)17-16-12-8-5-11(6-9-12)7-10-15(19)20/h1-6,8-9,18H,7,10H2,(H,19,20)/b17-16+. The van der Waals surface area contributed by atoms with Crippen LogP contribution < -0.4 is 0 Å². The van der Waals surface area contributed by atoms with Crippen molar-refractivity contribution in [1.82, 2.24) is 0 Å². The second kappa shape index (κ2) is 6.47. The van der Waals surface area contributed by atoms with Crippen LogP contribution in [0.3, 0.4) is 0 Å². The van der Waals surface area contributed by atoms with Crippen molar-refractivity contribution in [3.8, 4) is 5.75 Å². The molecule has 0 heterocycles. The third kappa shape index (κ3) is 3.91. The highest BCUT2D eigenvalue weighted by Gasteiger charge is 2.00. The van der Waals surface area contributed by atoms with Gasteiger partial charge in [-0.25, -0.2) is 0 Å². The Hall–Kier alpha value is -2.69. The first-order valence-electron chi connectivity index (χ1n) is 6.15. The molecular formula is C15H14N2O3. The van der Waals surface area contributed by atoms with E-state index in [-0.39, 0.29) is 12.2 Å². The smallest absolute Gasteiger partial charge is 0.303 e. The van der Waals surface area contributed by atoms with E-state index in [0.29, 0.717) is 17.8 Å². The van der Waals surface area contributed by atoms with Crippen LogP contribution in [0.2, 0.25) is 0 Å². The van der Waals surface area contributed by atoms with E-state index in [9.17, 15) is 9.90 Å². The number of aliphatic carboxylic acids is 1. The maximum Gasteiger partial charge on any atom is 0.303 e. The number of hydrogen-bond donors (Lipinski definition) is 2. The first kappa shape index (κ1) is 13.7. The highest BCUT2D eigenvalue weighted by molar-refractivity contribution is 5.67. The molecule has 0 amide bonds. The van der Waals surface area contributed by atoms with E-state index in [4.69, 9.17) is 5.11 Å². The number of nitrogens with zero attached hydrogens (tertiary/aromatic N) is 2. The Bertz CT molecular complexity index is 621. The van der Waals surface area contributed by atoms with Crippen molar-refractivity contribution in [2.75, 3.05) is 0 Å². The Balaban J connectivity index is 2.04. The van der Waals surface area contributed by atoms with Crippen LogP contribution in [0, 0.1) is 0 Å². The Morgan fingerprint density at radius 1 is 1.00 bits per heavy atom. The van der Waals surface area contributed by atoms with Gasteiger partial charge in [-0.3, -0.25) is 4.79 Å². The van der Waals surface area contributed by atoms with Gasteiger partial charge < -0.3 is 10.2 Å². The van der Waals surface area contributed by atoms with Crippen molar-refractivity contribution in [2.24, 2.45) is 10.2 Å². The predicted molar refractivity (Wildman–Crippen MR) is 74.7 cm³/mol. The van der Waals surface area contributed by atoms with Gasteiger partial charge in [0, 0.05) is 6.42 Å². The summed E-state index contributed by atoms with van der Waals surface area (Å²) in [6.07, 6.45) is 0.602. The van der Waals surface area contributed by atoms with E-state index >= 15 is 0 Å². The van der Waals surface area contributed by atoms with Gasteiger partial charge in [-0.15, -0.1) is 5.11 Å². The van der Waals surface area contributed by atoms with Gasteiger partial charge in [-0.1, -0.05) is 24.3 Å². The summed E-state index contributed by atoms with van der Waals surface area (Å²) in [7, 11) is 0. The minimum Gasteiger partial charge on any atom is -0.506 e. The van der Waals surface area contributed by atoms with Crippen LogP contribution >= 0.6 is 0 Å². The Morgan fingerprint density at radius 3 is 2.35 bits per heavy atom. The monoisotopic (exact) mass is 270 g/mol. The summed E-state index contributed by atoms with van der Waals surface area (Å²) in [6.45, 7) is 0. The first-order valence-corrected chi connectivity index (χ1v) is 6.15. The third-order valence-electron chi connectivity index (χ3n) is 2.72. The SMILES string of the molecule is O=C(O)CCc1ccc(/N=N/c2ccccc2O)cc1. The molecule has 0 aliphatic heterocycles. The molecule has 20 heavy (non-hydrogen) atoms. The predicted octanol–water partition coefficient (Wildman–Crippen LogP) is 3.82. The first-order chi connectivity index (χ1) is 9.65. The highest BCUT2D eigenvalue weighted by Crippen LogP contribution is 2.27. The molecule has 0 unspecified atom stereocenters. The zero-order chi connectivity index (χ0) is 14.4. The lowest BCUT2D eigenvalue weighted by Gasteiger charge is -1.99. The largest absolute Gasteiger partial charge is 0.506 e. The minimum absolute atomic E-state index is 0.0781. The molecule has 2 rings (SSSR count). The van der Waals surface area contributed by atoms with Crippen LogP contribution in [0.1, 0.15) is 12.0 Å². The van der Waals surface area contributed by atoms with E-state index in [1.807, 2.05) is 12.1 Å². The normalized spacial score (nSPS) is 10.8. The topological polar surface area (TPSA) is 82.2 Å². The number of hydrogen-bond acceptors (Lipinski definition) is 4. The quantitative estimate of drug-likeness (QED) is 0.810. The van der Waals surface area contributed by atoms with Crippen LogP contribution in [0.4, 0.5) is 11.4 Å². The van der Waals surface area contributed by atoms with Crippen molar-refractivity contribution in [3.63, 3.8) is 0 Å². The number of phenolic OH excluding ortho intramolecular Hbond substituents is 1. The zero-order valence-electron chi connectivity index (χ0n) is 10.7. The van der Waals surface area contributed by atoms with Crippen LogP contribution in [-0.2, 0) is 11.2 Å². The van der Waals surface area contributed by atoms with Crippen molar-refractivity contribution < 1.29 is 15.0 Å². The molecule has 0 bridgehead atoms. The molecule has 0 aliphatic carbocycles. The maximum absolute atomic E-state index is 10.5. The van der Waals surface area contributed by atoms with Gasteiger partial charge in [0.2, 0.25) is 0 Å². The summed E-state index contributed by atoms with van der Waals surface area (Å²) in [6, 6.07) is 13.9. The van der Waals surface area contributed by atoms with Crippen molar-refractivity contribution in [2.45, 2.75) is 12.8 Å². The second-order valence-corrected chi connectivity index (χ2v) is 4.25. The molecule has 0 aromatic heterocycles. The molecule has 0 fully saturated rings. The average Bonchev–Trinajstić information content (AvgIpc) is 2.45. The van der Waals surface area contributed by atoms with Gasteiger partial charge in [-0.2, -0.15) is 5.11 Å². The van der Waals surface area contributed by atoms with E-state index < -0.39 is 5.97 Å². The number of azo groups is 1. The molecule has 0 saturated carbocycles. The number of benzene rings is 2. The number of carbonyl (C=O) groups is 1. The molecule has 5 heteroatoms. The van der Waals surface area contributed by atoms with E-state index in [1.54, 1.807) is 36.4 Å². The fourth-order valence-corrected chi connectivity index (χ4v) is 1.64. The zero-order valence-corrected chi connectivity index (χ0v) is 10.7. The molecule has 2 N–H and O–H groups in total. The van der Waals surface area contributed by atoms with E-state index in [1.165, 1.54) is 0 Å². The lowest BCUT2D eigenvalue weighted by molar-refractivity contribution is -0.136. The average molecular weight is 270 g/mol. The molecule has 5 nitrogen and oxygen atoms in total. The van der Waals surface area contributed by atoms with Crippen LogP contribution in [-0.4, -0.2) is 16.2 Å². The fourth-order valence-electron chi connectivity index (χ4n) is 1.64. The summed E-state index contributed by atoms with van der Waals surface area (Å²) in [5.74, 6) is -0.734. The molecule has 2 aromatic rings. The molecule has 2 aromatic carbocycles. The third-order valence-corrected chi connectivity index (χ3v) is 2.72. The molecule has 102 valence electrons. The van der Waals surface area contributed by atoms with Crippen molar-refractivity contribution in [3.05, 3.63) is 54.1 Å². The van der Waals surface area contributed by atoms with Crippen LogP contribution in [0.15, 0.2) is 58.8 Å². The number of aryl methyl sites for hydroxylation is 1. The minimum atomic E-state index is -0.812. The molecule has 0 spiro atoms. The van der Waals surface area contributed by atoms with Gasteiger partial charge >= 0.3 is 5.97 Å². The van der Waals surface area contributed by atoms with E-state index in [0.717, 1.165) is 5.56 Å². The second-order valence-electron chi connectivity index (χ2n) is 4.25. The van der Waals surface area contributed by atoms with Crippen LogP contribution in [0.5, 0.6) is 5.75 Å². The molecule has 0 saturated heterocycles. The van der Waals surface area contributed by atoms with Gasteiger partial charge in [-0.05, 0) is 36.2 Å². The Morgan fingerprint density at radius 2 is 1.70 bits per heavy atom. The number of para-hydroxylation sites is 1. The Labute approximate surface area is 116 Å². The lowest BCUT2D eigenvalue weighted by Crippen LogP contribution is -1.96. The van der Waals surface area contributed by atoms with Gasteiger partial charge in [0.15, 0.2) is 0 Å². The summed E-state index contributed by atoms with van der Waals surface area (Å²) in [5, 5.41) is 26.1. The lowest BCUT2D eigenvalue weighted by atomic mass is 10.1. The number of phenols is 1. The Kier molecular flexibility index (Phi) is 4.44. The number of rotatable bonds is 5. The summed E-state index contributed by atoms with van der Waals surface area (Å²) in [4.78, 5) is 10.5. The summed E-state index contributed by atoms with van der Waals surface area (Å²) >= 11 is 0. The summed E-state index contributed by atoms with van der Waals surface area (Å²) in [5.41, 5.74) is 1.99. The molecular weight excluding hydrogens is 256 g/mol. The summed E-state index contributed by atoms with van der Waals surface area (Å²) < 4.78 is 0. The van der Waals surface area contributed by atoms with E-state index in [2.05, 4.69) is 10.2 Å². The van der Waals surface area contributed by atoms with Crippen LogP contribution in [0.25, 0.3) is 0 Å². The number of carboxylic acids is 1. The maximum atomic E-state index is 10.5. The molecule has 0 radical (unpaired) electrons. The van der Waals surface area contributed by atoms with Gasteiger partial charge in [0.05, 0.1) is 5.69 Å².